The summed E-state index contributed by atoms with van der Waals surface area (Å²) in [6, 6.07) is 3.83. The summed E-state index contributed by atoms with van der Waals surface area (Å²) >= 11 is 0. The van der Waals surface area contributed by atoms with Gasteiger partial charge in [0.05, 0.1) is 18.8 Å². The van der Waals surface area contributed by atoms with E-state index in [9.17, 15) is 4.79 Å². The molecule has 0 aliphatic rings. The second kappa shape index (κ2) is 5.30. The molecule has 2 heterocycles. The Morgan fingerprint density at radius 1 is 1.44 bits per heavy atom. The maximum absolute atomic E-state index is 11.3. The number of hydrogen-bond acceptors (Lipinski definition) is 3. The van der Waals surface area contributed by atoms with Crippen molar-refractivity contribution < 1.29 is 9.53 Å². The van der Waals surface area contributed by atoms with Gasteiger partial charge in [-0.15, -0.1) is 0 Å². The zero-order valence-corrected chi connectivity index (χ0v) is 10.0. The Balaban J connectivity index is 0.000000606. The molecule has 0 fully saturated rings. The number of hydrogen-bond donors (Lipinski definition) is 0. The van der Waals surface area contributed by atoms with Crippen LogP contribution in [0.1, 0.15) is 29.8 Å². The number of carbonyl (C=O) groups excluding carboxylic acids is 1. The minimum Gasteiger partial charge on any atom is -0.465 e. The van der Waals surface area contributed by atoms with Crippen molar-refractivity contribution >= 4 is 11.5 Å². The molecule has 0 radical (unpaired) electrons. The molecule has 86 valence electrons. The van der Waals surface area contributed by atoms with Crippen molar-refractivity contribution in [2.45, 2.75) is 20.8 Å². The number of methoxy groups -OCH3 is 1. The first kappa shape index (κ1) is 12.2. The van der Waals surface area contributed by atoms with Crippen molar-refractivity contribution in [2.75, 3.05) is 7.11 Å². The van der Waals surface area contributed by atoms with Crippen molar-refractivity contribution in [1.82, 2.24) is 9.61 Å². The van der Waals surface area contributed by atoms with Crippen LogP contribution in [-0.2, 0) is 4.74 Å². The predicted molar refractivity (Wildman–Crippen MR) is 62.6 cm³/mol. The molecule has 2 rings (SSSR count). The number of pyridine rings is 1. The summed E-state index contributed by atoms with van der Waals surface area (Å²) in [6.45, 7) is 5.97. The third kappa shape index (κ3) is 2.21. The minimum absolute atomic E-state index is 0.356. The van der Waals surface area contributed by atoms with Crippen molar-refractivity contribution in [3.63, 3.8) is 0 Å². The highest BCUT2D eigenvalue weighted by molar-refractivity contribution is 5.96. The zero-order chi connectivity index (χ0) is 12.1. The molecule has 0 saturated carbocycles. The van der Waals surface area contributed by atoms with E-state index in [0.717, 1.165) is 11.1 Å². The van der Waals surface area contributed by atoms with Crippen molar-refractivity contribution in [1.29, 1.82) is 0 Å². The lowest BCUT2D eigenvalue weighted by Crippen LogP contribution is -2.00. The van der Waals surface area contributed by atoms with Gasteiger partial charge in [-0.25, -0.2) is 9.31 Å². The molecule has 4 nitrogen and oxygen atoms in total. The van der Waals surface area contributed by atoms with Crippen molar-refractivity contribution in [2.24, 2.45) is 0 Å². The first-order valence-corrected chi connectivity index (χ1v) is 5.24. The fourth-order valence-corrected chi connectivity index (χ4v) is 1.35. The number of fused-ring (bicyclic) bond motifs is 1. The Hall–Kier alpha value is -1.84. The molecule has 0 aromatic carbocycles. The lowest BCUT2D eigenvalue weighted by atomic mass is 10.2. The van der Waals surface area contributed by atoms with Crippen LogP contribution >= 0.6 is 0 Å². The Bertz CT molecular complexity index is 489. The number of nitrogens with zero attached hydrogens (tertiary/aromatic N) is 2. The van der Waals surface area contributed by atoms with E-state index in [-0.39, 0.29) is 5.97 Å². The average molecular weight is 220 g/mol. The molecular formula is C12H16N2O2. The van der Waals surface area contributed by atoms with Gasteiger partial charge in [0, 0.05) is 6.20 Å². The summed E-state index contributed by atoms with van der Waals surface area (Å²) < 4.78 is 6.30. The summed E-state index contributed by atoms with van der Waals surface area (Å²) in [6.07, 6.45) is 3.33. The first-order valence-electron chi connectivity index (χ1n) is 5.24. The van der Waals surface area contributed by atoms with E-state index >= 15 is 0 Å². The molecule has 0 aliphatic carbocycles. The molecule has 4 heteroatoms. The van der Waals surface area contributed by atoms with Gasteiger partial charge in [0.25, 0.3) is 0 Å². The standard InChI is InChI=1S/C10H10N2O2.C2H6/c1-7-3-4-12-9(5-7)8(6-11-12)10(13)14-2;1-2/h3-6H,1-2H3;1-2H3. The first-order chi connectivity index (χ1) is 7.72. The number of carbonyl (C=O) groups is 1. The number of aromatic nitrogens is 2. The van der Waals surface area contributed by atoms with Crippen LogP contribution in [0.3, 0.4) is 0 Å². The summed E-state index contributed by atoms with van der Waals surface area (Å²) in [5, 5.41) is 4.04. The summed E-state index contributed by atoms with van der Waals surface area (Å²) in [5.41, 5.74) is 2.36. The van der Waals surface area contributed by atoms with E-state index in [2.05, 4.69) is 9.84 Å². The molecule has 0 aliphatic heterocycles. The van der Waals surface area contributed by atoms with Crippen LogP contribution in [0.5, 0.6) is 0 Å². The molecule has 2 aromatic rings. The zero-order valence-electron chi connectivity index (χ0n) is 10.0. The highest BCUT2D eigenvalue weighted by Crippen LogP contribution is 2.12. The normalized spacial score (nSPS) is 9.50. The summed E-state index contributed by atoms with van der Waals surface area (Å²) in [7, 11) is 1.36. The molecule has 0 saturated heterocycles. The second-order valence-corrected chi connectivity index (χ2v) is 3.08. The van der Waals surface area contributed by atoms with E-state index < -0.39 is 0 Å². The molecule has 0 N–H and O–H groups in total. The van der Waals surface area contributed by atoms with Crippen molar-refractivity contribution in [3.05, 3.63) is 35.7 Å². The highest BCUT2D eigenvalue weighted by Gasteiger charge is 2.12. The van der Waals surface area contributed by atoms with Crippen LogP contribution in [0.15, 0.2) is 24.5 Å². The van der Waals surface area contributed by atoms with Gasteiger partial charge in [-0.1, -0.05) is 13.8 Å². The van der Waals surface area contributed by atoms with Gasteiger partial charge in [0.15, 0.2) is 0 Å². The van der Waals surface area contributed by atoms with Gasteiger partial charge in [-0.2, -0.15) is 5.10 Å². The second-order valence-electron chi connectivity index (χ2n) is 3.08. The monoisotopic (exact) mass is 220 g/mol. The quantitative estimate of drug-likeness (QED) is 0.693. The molecule has 16 heavy (non-hydrogen) atoms. The van der Waals surface area contributed by atoms with E-state index in [1.54, 1.807) is 4.52 Å². The third-order valence-corrected chi connectivity index (χ3v) is 2.08. The van der Waals surface area contributed by atoms with Gasteiger partial charge < -0.3 is 4.74 Å². The smallest absolute Gasteiger partial charge is 0.341 e. The van der Waals surface area contributed by atoms with E-state index in [1.807, 2.05) is 39.1 Å². The third-order valence-electron chi connectivity index (χ3n) is 2.08. The van der Waals surface area contributed by atoms with Crippen LogP contribution in [0.4, 0.5) is 0 Å². The lowest BCUT2D eigenvalue weighted by Gasteiger charge is -1.97. The Kier molecular flexibility index (Phi) is 4.05. The van der Waals surface area contributed by atoms with Gasteiger partial charge in [-0.05, 0) is 24.6 Å². The Labute approximate surface area is 94.8 Å². The van der Waals surface area contributed by atoms with E-state index in [1.165, 1.54) is 13.3 Å². The number of esters is 1. The SMILES string of the molecule is CC.COC(=O)c1cnn2ccc(C)cc12. The fourth-order valence-electron chi connectivity index (χ4n) is 1.35. The van der Waals surface area contributed by atoms with Gasteiger partial charge in [0.1, 0.15) is 5.56 Å². The molecular weight excluding hydrogens is 204 g/mol. The maximum Gasteiger partial charge on any atom is 0.341 e. The number of aryl methyl sites for hydroxylation is 1. The number of ether oxygens (including phenoxy) is 1. The molecule has 0 unspecified atom stereocenters. The topological polar surface area (TPSA) is 43.6 Å². The molecule has 2 aromatic heterocycles. The molecule has 0 bridgehead atoms. The molecule has 0 spiro atoms. The number of rotatable bonds is 1. The summed E-state index contributed by atoms with van der Waals surface area (Å²) in [5.74, 6) is -0.356. The van der Waals surface area contributed by atoms with Gasteiger partial charge in [0.2, 0.25) is 0 Å². The molecule has 0 atom stereocenters. The lowest BCUT2D eigenvalue weighted by molar-refractivity contribution is 0.0603. The van der Waals surface area contributed by atoms with Crippen LogP contribution in [0, 0.1) is 6.92 Å². The summed E-state index contributed by atoms with van der Waals surface area (Å²) in [4.78, 5) is 11.3. The van der Waals surface area contributed by atoms with Crippen LogP contribution < -0.4 is 0 Å². The average Bonchev–Trinajstić information content (AvgIpc) is 2.73. The van der Waals surface area contributed by atoms with Crippen LogP contribution in [0.2, 0.25) is 0 Å². The Morgan fingerprint density at radius 2 is 2.12 bits per heavy atom. The van der Waals surface area contributed by atoms with E-state index in [0.29, 0.717) is 5.56 Å². The van der Waals surface area contributed by atoms with Crippen LogP contribution in [-0.4, -0.2) is 22.7 Å². The minimum atomic E-state index is -0.356. The molecule has 0 amide bonds. The predicted octanol–water partition coefficient (Wildman–Crippen LogP) is 2.46. The van der Waals surface area contributed by atoms with Gasteiger partial charge in [-0.3, -0.25) is 0 Å². The maximum atomic E-state index is 11.3. The fraction of sp³-hybridized carbons (Fsp3) is 0.333. The van der Waals surface area contributed by atoms with Gasteiger partial charge >= 0.3 is 5.97 Å². The highest BCUT2D eigenvalue weighted by atomic mass is 16.5. The largest absolute Gasteiger partial charge is 0.465 e. The van der Waals surface area contributed by atoms with Crippen molar-refractivity contribution in [3.8, 4) is 0 Å². The Morgan fingerprint density at radius 3 is 2.75 bits per heavy atom. The van der Waals surface area contributed by atoms with E-state index in [4.69, 9.17) is 0 Å². The van der Waals surface area contributed by atoms with Crippen LogP contribution in [0.25, 0.3) is 5.52 Å².